The third kappa shape index (κ3) is 2.97. The predicted molar refractivity (Wildman–Crippen MR) is 69.1 cm³/mol. The van der Waals surface area contributed by atoms with Gasteiger partial charge in [0, 0.05) is 12.2 Å². The largest absolute Gasteiger partial charge is 0.508 e. The molecule has 88 valence electrons. The summed E-state index contributed by atoms with van der Waals surface area (Å²) in [5, 5.41) is 12.5. The standard InChI is InChI=1S/C14H16N2O/c1-10-3-8-14(11(2)16-10)15-9-12-4-6-13(17)7-5-12/h3-8,15,17H,9H2,1-2H3. The van der Waals surface area contributed by atoms with E-state index in [4.69, 9.17) is 0 Å². The van der Waals surface area contributed by atoms with E-state index in [-0.39, 0.29) is 0 Å². The number of aromatic nitrogens is 1. The van der Waals surface area contributed by atoms with Gasteiger partial charge in [0.1, 0.15) is 5.75 Å². The molecule has 0 amide bonds. The Balaban J connectivity index is 2.04. The quantitative estimate of drug-likeness (QED) is 0.848. The van der Waals surface area contributed by atoms with Gasteiger partial charge in [-0.25, -0.2) is 0 Å². The number of pyridine rings is 1. The molecular formula is C14H16N2O. The SMILES string of the molecule is Cc1ccc(NCc2ccc(O)cc2)c(C)n1. The van der Waals surface area contributed by atoms with Gasteiger partial charge in [0.15, 0.2) is 0 Å². The summed E-state index contributed by atoms with van der Waals surface area (Å²) in [5.74, 6) is 0.293. The predicted octanol–water partition coefficient (Wildman–Crippen LogP) is 3.02. The molecule has 0 aliphatic heterocycles. The summed E-state index contributed by atoms with van der Waals surface area (Å²) < 4.78 is 0. The van der Waals surface area contributed by atoms with Gasteiger partial charge < -0.3 is 10.4 Å². The zero-order valence-corrected chi connectivity index (χ0v) is 10.1. The number of nitrogens with one attached hydrogen (secondary N) is 1. The first-order valence-corrected chi connectivity index (χ1v) is 5.61. The van der Waals surface area contributed by atoms with Gasteiger partial charge in [-0.3, -0.25) is 4.98 Å². The Morgan fingerprint density at radius 2 is 1.76 bits per heavy atom. The minimum absolute atomic E-state index is 0.293. The number of rotatable bonds is 3. The molecule has 2 rings (SSSR count). The van der Waals surface area contributed by atoms with E-state index in [1.54, 1.807) is 12.1 Å². The number of benzene rings is 1. The molecule has 0 atom stereocenters. The maximum absolute atomic E-state index is 9.19. The molecule has 0 radical (unpaired) electrons. The zero-order valence-electron chi connectivity index (χ0n) is 10.1. The van der Waals surface area contributed by atoms with Crippen LogP contribution in [0.1, 0.15) is 17.0 Å². The number of hydrogen-bond donors (Lipinski definition) is 2. The maximum atomic E-state index is 9.19. The molecule has 1 aromatic carbocycles. The third-order valence-corrected chi connectivity index (χ3v) is 2.64. The van der Waals surface area contributed by atoms with Crippen molar-refractivity contribution < 1.29 is 5.11 Å². The molecule has 0 fully saturated rings. The van der Waals surface area contributed by atoms with Crippen LogP contribution in [0.5, 0.6) is 5.75 Å². The lowest BCUT2D eigenvalue weighted by Gasteiger charge is -2.09. The minimum atomic E-state index is 0.293. The highest BCUT2D eigenvalue weighted by molar-refractivity contribution is 5.48. The molecule has 2 aromatic rings. The van der Waals surface area contributed by atoms with E-state index in [2.05, 4.69) is 10.3 Å². The Kier molecular flexibility index (Phi) is 3.28. The van der Waals surface area contributed by atoms with Gasteiger partial charge in [-0.05, 0) is 43.7 Å². The third-order valence-electron chi connectivity index (χ3n) is 2.64. The van der Waals surface area contributed by atoms with Crippen molar-refractivity contribution in [2.45, 2.75) is 20.4 Å². The second-order valence-corrected chi connectivity index (χ2v) is 4.11. The average molecular weight is 228 g/mol. The highest BCUT2D eigenvalue weighted by atomic mass is 16.3. The molecule has 3 nitrogen and oxygen atoms in total. The van der Waals surface area contributed by atoms with Crippen LogP contribution in [0, 0.1) is 13.8 Å². The second-order valence-electron chi connectivity index (χ2n) is 4.11. The molecule has 1 aromatic heterocycles. The van der Waals surface area contributed by atoms with Crippen LogP contribution in [0.4, 0.5) is 5.69 Å². The number of nitrogens with zero attached hydrogens (tertiary/aromatic N) is 1. The van der Waals surface area contributed by atoms with Crippen molar-refractivity contribution >= 4 is 5.69 Å². The van der Waals surface area contributed by atoms with Crippen LogP contribution in [-0.4, -0.2) is 10.1 Å². The van der Waals surface area contributed by atoms with E-state index < -0.39 is 0 Å². The number of aryl methyl sites for hydroxylation is 2. The zero-order chi connectivity index (χ0) is 12.3. The van der Waals surface area contributed by atoms with E-state index >= 15 is 0 Å². The summed E-state index contributed by atoms with van der Waals surface area (Å²) in [7, 11) is 0. The molecule has 0 unspecified atom stereocenters. The lowest BCUT2D eigenvalue weighted by Crippen LogP contribution is -2.02. The van der Waals surface area contributed by atoms with Crippen molar-refractivity contribution in [2.75, 3.05) is 5.32 Å². The summed E-state index contributed by atoms with van der Waals surface area (Å²) in [4.78, 5) is 4.40. The van der Waals surface area contributed by atoms with Crippen LogP contribution < -0.4 is 5.32 Å². The Labute approximate surface area is 101 Å². The van der Waals surface area contributed by atoms with Gasteiger partial charge in [0.25, 0.3) is 0 Å². The van der Waals surface area contributed by atoms with Crippen molar-refractivity contribution in [2.24, 2.45) is 0 Å². The van der Waals surface area contributed by atoms with Crippen LogP contribution in [0.3, 0.4) is 0 Å². The van der Waals surface area contributed by atoms with Crippen molar-refractivity contribution in [1.29, 1.82) is 0 Å². The smallest absolute Gasteiger partial charge is 0.115 e. The molecule has 2 N–H and O–H groups in total. The number of anilines is 1. The number of aromatic hydroxyl groups is 1. The minimum Gasteiger partial charge on any atom is -0.508 e. The number of phenols is 1. The van der Waals surface area contributed by atoms with Gasteiger partial charge in [-0.2, -0.15) is 0 Å². The van der Waals surface area contributed by atoms with Crippen molar-refractivity contribution in [3.05, 3.63) is 53.3 Å². The maximum Gasteiger partial charge on any atom is 0.115 e. The van der Waals surface area contributed by atoms with Crippen LogP contribution in [-0.2, 0) is 6.54 Å². The van der Waals surface area contributed by atoms with Gasteiger partial charge >= 0.3 is 0 Å². The summed E-state index contributed by atoms with van der Waals surface area (Å²) in [6.07, 6.45) is 0. The summed E-state index contributed by atoms with van der Waals surface area (Å²) in [6, 6.07) is 11.2. The summed E-state index contributed by atoms with van der Waals surface area (Å²) in [5.41, 5.74) is 4.20. The molecule has 0 aliphatic carbocycles. The van der Waals surface area contributed by atoms with Crippen molar-refractivity contribution in [3.63, 3.8) is 0 Å². The van der Waals surface area contributed by atoms with E-state index in [0.717, 1.165) is 29.2 Å². The molecule has 0 saturated heterocycles. The molecular weight excluding hydrogens is 212 g/mol. The highest BCUT2D eigenvalue weighted by Gasteiger charge is 1.99. The first-order chi connectivity index (χ1) is 8.15. The van der Waals surface area contributed by atoms with Crippen LogP contribution in [0.25, 0.3) is 0 Å². The van der Waals surface area contributed by atoms with Crippen LogP contribution >= 0.6 is 0 Å². The lowest BCUT2D eigenvalue weighted by atomic mass is 10.2. The molecule has 3 heteroatoms. The van der Waals surface area contributed by atoms with E-state index in [1.807, 2.05) is 38.1 Å². The van der Waals surface area contributed by atoms with Gasteiger partial charge in [0.2, 0.25) is 0 Å². The van der Waals surface area contributed by atoms with Gasteiger partial charge in [0.05, 0.1) is 11.4 Å². The van der Waals surface area contributed by atoms with Crippen molar-refractivity contribution in [1.82, 2.24) is 4.98 Å². The fourth-order valence-electron chi connectivity index (χ4n) is 1.68. The Morgan fingerprint density at radius 1 is 1.06 bits per heavy atom. The number of phenolic OH excluding ortho intramolecular Hbond substituents is 1. The van der Waals surface area contributed by atoms with E-state index in [1.165, 1.54) is 0 Å². The topological polar surface area (TPSA) is 45.1 Å². The van der Waals surface area contributed by atoms with E-state index in [0.29, 0.717) is 5.75 Å². The average Bonchev–Trinajstić information content (AvgIpc) is 2.30. The summed E-state index contributed by atoms with van der Waals surface area (Å²) >= 11 is 0. The molecule has 1 heterocycles. The Morgan fingerprint density at radius 3 is 2.41 bits per heavy atom. The normalized spacial score (nSPS) is 10.2. The first-order valence-electron chi connectivity index (χ1n) is 5.61. The van der Waals surface area contributed by atoms with Gasteiger partial charge in [-0.15, -0.1) is 0 Å². The highest BCUT2D eigenvalue weighted by Crippen LogP contribution is 2.15. The van der Waals surface area contributed by atoms with E-state index in [9.17, 15) is 5.11 Å². The first kappa shape index (κ1) is 11.5. The molecule has 0 aliphatic rings. The Bertz CT molecular complexity index is 506. The van der Waals surface area contributed by atoms with Gasteiger partial charge in [-0.1, -0.05) is 12.1 Å². The van der Waals surface area contributed by atoms with Crippen LogP contribution in [0.15, 0.2) is 36.4 Å². The summed E-state index contributed by atoms with van der Waals surface area (Å²) in [6.45, 7) is 4.70. The Hall–Kier alpha value is -2.03. The molecule has 17 heavy (non-hydrogen) atoms. The van der Waals surface area contributed by atoms with Crippen LogP contribution in [0.2, 0.25) is 0 Å². The molecule has 0 bridgehead atoms. The molecule has 0 saturated carbocycles. The lowest BCUT2D eigenvalue weighted by molar-refractivity contribution is 0.475. The monoisotopic (exact) mass is 228 g/mol. The fraction of sp³-hybridized carbons (Fsp3) is 0.214. The molecule has 0 spiro atoms. The van der Waals surface area contributed by atoms with Crippen molar-refractivity contribution in [3.8, 4) is 5.75 Å². The number of hydrogen-bond acceptors (Lipinski definition) is 3. The fourth-order valence-corrected chi connectivity index (χ4v) is 1.68. The second kappa shape index (κ2) is 4.87.